The Balaban J connectivity index is 2.50. The lowest BCUT2D eigenvalue weighted by Gasteiger charge is -2.38. The number of hydrogen-bond donors (Lipinski definition) is 2. The Morgan fingerprint density at radius 1 is 1.12 bits per heavy atom. The minimum absolute atomic E-state index is 0.146. The van der Waals surface area contributed by atoms with E-state index in [9.17, 15) is 19.4 Å². The molecule has 0 fully saturated rings. The van der Waals surface area contributed by atoms with Crippen molar-refractivity contribution in [1.82, 2.24) is 4.98 Å². The van der Waals surface area contributed by atoms with E-state index in [4.69, 9.17) is 0 Å². The molecule has 0 saturated carbocycles. The second-order valence-electron chi connectivity index (χ2n) is 7.27. The topological polar surface area (TPSA) is 87.5 Å². The number of nitrogens with zero attached hydrogens (tertiary/aromatic N) is 1. The number of carboxylic acids is 1. The van der Waals surface area contributed by atoms with Gasteiger partial charge in [-0.1, -0.05) is 57.2 Å². The molecule has 6 heteroatoms. The third kappa shape index (κ3) is 4.77. The second kappa shape index (κ2) is 7.51. The van der Waals surface area contributed by atoms with Crippen molar-refractivity contribution in [3.8, 4) is 0 Å². The lowest BCUT2D eigenvalue weighted by atomic mass is 9.80. The summed E-state index contributed by atoms with van der Waals surface area (Å²) in [6.07, 6.45) is 1.42. The van der Waals surface area contributed by atoms with Crippen LogP contribution < -0.4 is 0 Å². The van der Waals surface area contributed by atoms with Crippen molar-refractivity contribution in [2.24, 2.45) is 5.41 Å². The molecule has 134 valence electrons. The van der Waals surface area contributed by atoms with E-state index in [1.807, 2.05) is 0 Å². The van der Waals surface area contributed by atoms with E-state index in [1.165, 1.54) is 0 Å². The van der Waals surface area contributed by atoms with E-state index in [0.717, 1.165) is 0 Å². The molecule has 0 bridgehead atoms. The van der Waals surface area contributed by atoms with E-state index in [-0.39, 0.29) is 6.16 Å². The van der Waals surface area contributed by atoms with Crippen LogP contribution in [0.4, 0.5) is 0 Å². The van der Waals surface area contributed by atoms with Gasteiger partial charge in [0.2, 0.25) is 7.37 Å². The highest BCUT2D eigenvalue weighted by molar-refractivity contribution is 7.58. The summed E-state index contributed by atoms with van der Waals surface area (Å²) in [5, 5.41) is 9.84. The van der Waals surface area contributed by atoms with Gasteiger partial charge in [-0.15, -0.1) is 0 Å². The van der Waals surface area contributed by atoms with Crippen LogP contribution >= 0.6 is 7.37 Å². The third-order valence-electron chi connectivity index (χ3n) is 4.18. The summed E-state index contributed by atoms with van der Waals surface area (Å²) in [7, 11) is -3.86. The van der Waals surface area contributed by atoms with Crippen LogP contribution in [0.2, 0.25) is 0 Å². The highest BCUT2D eigenvalue weighted by atomic mass is 31.2. The number of hydrogen-bond acceptors (Lipinski definition) is 3. The maximum atomic E-state index is 13.3. The Morgan fingerprint density at radius 2 is 1.72 bits per heavy atom. The molecule has 5 nitrogen and oxygen atoms in total. The van der Waals surface area contributed by atoms with Crippen molar-refractivity contribution in [1.29, 1.82) is 0 Å². The van der Waals surface area contributed by atoms with Gasteiger partial charge < -0.3 is 10.00 Å². The molecule has 2 rings (SSSR count). The average Bonchev–Trinajstić information content (AvgIpc) is 2.52. The summed E-state index contributed by atoms with van der Waals surface area (Å²) in [4.78, 5) is 27.1. The first-order valence-electron chi connectivity index (χ1n) is 8.12. The standard InChI is InChI=1S/C19H24NO4P/c1-19(2,3)17(16(18(21)22)14-9-5-4-6-10-14)25(23,24)13-15-11-7-8-12-20-15/h4-12,16-17H,13H2,1-3H3,(H,21,22)(H,23,24). The molecule has 0 spiro atoms. The maximum absolute atomic E-state index is 13.3. The average molecular weight is 361 g/mol. The van der Waals surface area contributed by atoms with Crippen molar-refractivity contribution >= 4 is 13.3 Å². The van der Waals surface area contributed by atoms with Crippen LogP contribution in [0, 0.1) is 5.41 Å². The molecule has 0 aliphatic carbocycles. The first kappa shape index (κ1) is 19.4. The van der Waals surface area contributed by atoms with E-state index in [2.05, 4.69) is 4.98 Å². The van der Waals surface area contributed by atoms with Crippen molar-refractivity contribution in [2.45, 2.75) is 38.5 Å². The molecule has 25 heavy (non-hydrogen) atoms. The van der Waals surface area contributed by atoms with Gasteiger partial charge in [-0.25, -0.2) is 0 Å². The van der Waals surface area contributed by atoms with Crippen LogP contribution in [0.1, 0.15) is 37.9 Å². The van der Waals surface area contributed by atoms with Crippen LogP contribution in [0.15, 0.2) is 54.7 Å². The third-order valence-corrected chi connectivity index (χ3v) is 6.90. The molecule has 0 aliphatic heterocycles. The predicted molar refractivity (Wildman–Crippen MR) is 97.8 cm³/mol. The van der Waals surface area contributed by atoms with Gasteiger partial charge >= 0.3 is 5.97 Å². The van der Waals surface area contributed by atoms with Crippen LogP contribution in [-0.2, 0) is 15.5 Å². The van der Waals surface area contributed by atoms with E-state index < -0.39 is 30.3 Å². The summed E-state index contributed by atoms with van der Waals surface area (Å²) in [5.74, 6) is -2.16. The lowest BCUT2D eigenvalue weighted by molar-refractivity contribution is -0.139. The van der Waals surface area contributed by atoms with E-state index in [0.29, 0.717) is 11.3 Å². The number of carbonyl (C=O) groups is 1. The summed E-state index contributed by atoms with van der Waals surface area (Å²) >= 11 is 0. The molecule has 0 aliphatic rings. The number of benzene rings is 1. The molecular weight excluding hydrogens is 337 g/mol. The number of carboxylic acid groups (broad SMARTS) is 1. The molecular formula is C19H24NO4P. The van der Waals surface area contributed by atoms with Gasteiger partial charge in [0, 0.05) is 11.9 Å². The molecule has 0 amide bonds. The summed E-state index contributed by atoms with van der Waals surface area (Å²) in [5.41, 5.74) is -0.607. The highest BCUT2D eigenvalue weighted by Crippen LogP contribution is 2.60. The molecule has 1 heterocycles. The first-order chi connectivity index (χ1) is 11.6. The monoisotopic (exact) mass is 361 g/mol. The number of rotatable bonds is 6. The minimum atomic E-state index is -3.86. The number of aliphatic carboxylic acids is 1. The maximum Gasteiger partial charge on any atom is 0.311 e. The van der Waals surface area contributed by atoms with E-state index >= 15 is 0 Å². The summed E-state index contributed by atoms with van der Waals surface area (Å²) in [6, 6.07) is 13.8. The fraction of sp³-hybridized carbons (Fsp3) is 0.368. The molecule has 0 saturated heterocycles. The quantitative estimate of drug-likeness (QED) is 0.755. The van der Waals surface area contributed by atoms with Crippen molar-refractivity contribution in [3.63, 3.8) is 0 Å². The number of aromatic nitrogens is 1. The van der Waals surface area contributed by atoms with Gasteiger partial charge in [-0.3, -0.25) is 14.3 Å². The highest BCUT2D eigenvalue weighted by Gasteiger charge is 2.48. The van der Waals surface area contributed by atoms with Gasteiger partial charge in [0.1, 0.15) is 0 Å². The van der Waals surface area contributed by atoms with Crippen LogP contribution in [0.25, 0.3) is 0 Å². The molecule has 3 atom stereocenters. The number of pyridine rings is 1. The predicted octanol–water partition coefficient (Wildman–Crippen LogP) is 4.14. The van der Waals surface area contributed by atoms with Gasteiger partial charge in [-0.05, 0) is 23.1 Å². The minimum Gasteiger partial charge on any atom is -0.481 e. The zero-order chi connectivity index (χ0) is 18.7. The largest absolute Gasteiger partial charge is 0.481 e. The molecule has 3 unspecified atom stereocenters. The van der Waals surface area contributed by atoms with Crippen molar-refractivity contribution in [2.75, 3.05) is 0 Å². The molecule has 0 radical (unpaired) electrons. The normalized spacial score (nSPS) is 16.6. The van der Waals surface area contributed by atoms with Gasteiger partial charge in [-0.2, -0.15) is 0 Å². The van der Waals surface area contributed by atoms with Crippen LogP contribution in [0.5, 0.6) is 0 Å². The summed E-state index contributed by atoms with van der Waals surface area (Å²) < 4.78 is 13.3. The smallest absolute Gasteiger partial charge is 0.311 e. The molecule has 2 aromatic rings. The van der Waals surface area contributed by atoms with Crippen molar-refractivity contribution in [3.05, 3.63) is 66.0 Å². The Kier molecular flexibility index (Phi) is 5.81. The summed E-state index contributed by atoms with van der Waals surface area (Å²) in [6.45, 7) is 5.41. The Bertz CT molecular complexity index is 756. The van der Waals surface area contributed by atoms with Gasteiger partial charge in [0.25, 0.3) is 0 Å². The fourth-order valence-corrected chi connectivity index (χ4v) is 6.10. The van der Waals surface area contributed by atoms with Crippen LogP contribution in [-0.4, -0.2) is 26.6 Å². The Labute approximate surface area is 148 Å². The molecule has 1 aromatic carbocycles. The van der Waals surface area contributed by atoms with Crippen LogP contribution in [0.3, 0.4) is 0 Å². The van der Waals surface area contributed by atoms with E-state index in [1.54, 1.807) is 75.5 Å². The van der Waals surface area contributed by atoms with Gasteiger partial charge in [0.05, 0.1) is 17.7 Å². The lowest BCUT2D eigenvalue weighted by Crippen LogP contribution is -2.37. The van der Waals surface area contributed by atoms with Gasteiger partial charge in [0.15, 0.2) is 0 Å². The molecule has 1 aromatic heterocycles. The Hall–Kier alpha value is -1.97. The first-order valence-corrected chi connectivity index (χ1v) is 10.0. The molecule has 2 N–H and O–H groups in total. The zero-order valence-corrected chi connectivity index (χ0v) is 15.6. The van der Waals surface area contributed by atoms with Crippen molar-refractivity contribution < 1.29 is 19.4 Å². The SMILES string of the molecule is CC(C)(C)C(C(C(=O)O)c1ccccc1)P(=O)(O)Cc1ccccn1. The fourth-order valence-electron chi connectivity index (χ4n) is 3.28. The second-order valence-corrected chi connectivity index (χ2v) is 9.66. The zero-order valence-electron chi connectivity index (χ0n) is 14.7. The Morgan fingerprint density at radius 3 is 2.20 bits per heavy atom.